The Labute approximate surface area is 290 Å². The van der Waals surface area contributed by atoms with Gasteiger partial charge in [0.2, 0.25) is 11.8 Å². The zero-order valence-electron chi connectivity index (χ0n) is 28.4. The molecule has 7 rings (SSSR count). The van der Waals surface area contributed by atoms with Crippen LogP contribution in [0.3, 0.4) is 0 Å². The van der Waals surface area contributed by atoms with E-state index in [4.69, 9.17) is 4.65 Å². The molecule has 0 unspecified atom stereocenters. The van der Waals surface area contributed by atoms with E-state index < -0.39 is 13.0 Å². The molecule has 3 heterocycles. The fraction of sp³-hybridized carbons (Fsp3) is 0.415. The lowest BCUT2D eigenvalue weighted by atomic mass is 9.58. The smallest absolute Gasteiger partial charge is 0.455 e. The van der Waals surface area contributed by atoms with E-state index in [1.165, 1.54) is 11.1 Å². The van der Waals surface area contributed by atoms with Crippen molar-refractivity contribution in [1.29, 1.82) is 0 Å². The van der Waals surface area contributed by atoms with Crippen LogP contribution in [0, 0.1) is 17.8 Å². The molecule has 2 N–H and O–H groups in total. The van der Waals surface area contributed by atoms with Crippen LogP contribution in [-0.2, 0) is 20.8 Å². The summed E-state index contributed by atoms with van der Waals surface area (Å²) >= 11 is 0. The Bertz CT molecular complexity index is 1700. The van der Waals surface area contributed by atoms with Crippen LogP contribution >= 0.6 is 0 Å². The average Bonchev–Trinajstić information content (AvgIpc) is 3.37. The minimum absolute atomic E-state index is 0.0151. The maximum absolute atomic E-state index is 14.4. The second-order valence-corrected chi connectivity index (χ2v) is 14.2. The fourth-order valence-corrected chi connectivity index (χ4v) is 8.90. The molecule has 0 aromatic heterocycles. The third-order valence-corrected chi connectivity index (χ3v) is 11.2. The summed E-state index contributed by atoms with van der Waals surface area (Å²) < 4.78 is 6.31. The van der Waals surface area contributed by atoms with Gasteiger partial charge in [0.25, 0.3) is 0 Å². The number of carbonyl (C=O) groups is 2. The van der Waals surface area contributed by atoms with E-state index in [-0.39, 0.29) is 41.5 Å². The molecule has 0 bridgehead atoms. The van der Waals surface area contributed by atoms with E-state index in [1.54, 1.807) is 11.0 Å². The zero-order chi connectivity index (χ0) is 33.9. The Morgan fingerprint density at radius 1 is 0.918 bits per heavy atom. The summed E-state index contributed by atoms with van der Waals surface area (Å²) in [6, 6.07) is 27.8. The van der Waals surface area contributed by atoms with Gasteiger partial charge in [0.1, 0.15) is 5.75 Å². The number of nitrogens with zero attached hydrogens (tertiary/aromatic N) is 2. The number of hydrogen-bond donors (Lipinski definition) is 2. The number of imide groups is 1. The number of amides is 2. The van der Waals surface area contributed by atoms with Crippen LogP contribution in [0.15, 0.2) is 96.1 Å². The minimum Gasteiger partial charge on any atom is -0.507 e. The zero-order valence-corrected chi connectivity index (χ0v) is 28.4. The van der Waals surface area contributed by atoms with Crippen LogP contribution in [0.5, 0.6) is 5.75 Å². The Balaban J connectivity index is 1.11. The Morgan fingerprint density at radius 2 is 1.61 bits per heavy atom. The molecule has 0 spiro atoms. The Kier molecular flexibility index (Phi) is 10.2. The molecule has 3 aliphatic heterocycles. The first kappa shape index (κ1) is 33.5. The number of hydrogen-bond acceptors (Lipinski definition) is 6. The molecule has 8 heteroatoms. The third kappa shape index (κ3) is 7.05. The first-order valence-electron chi connectivity index (χ1n) is 18.1. The molecule has 3 fully saturated rings. The van der Waals surface area contributed by atoms with Crippen molar-refractivity contribution in [2.24, 2.45) is 17.8 Å². The fourth-order valence-electron chi connectivity index (χ4n) is 8.90. The van der Waals surface area contributed by atoms with Gasteiger partial charge in [0.15, 0.2) is 0 Å². The van der Waals surface area contributed by atoms with Crippen LogP contribution in [0.1, 0.15) is 68.6 Å². The maximum Gasteiger partial charge on any atom is 0.455 e. The number of aromatic hydroxyl groups is 1. The highest BCUT2D eigenvalue weighted by Gasteiger charge is 2.58. The highest BCUT2D eigenvalue weighted by molar-refractivity contribution is 6.43. The Hall–Kier alpha value is -3.98. The van der Waals surface area contributed by atoms with Gasteiger partial charge in [-0.1, -0.05) is 97.8 Å². The molecule has 3 aromatic carbocycles. The van der Waals surface area contributed by atoms with Crippen LogP contribution in [0.25, 0.3) is 11.6 Å². The molecule has 0 radical (unpaired) electrons. The molecule has 1 aliphatic carbocycles. The number of rotatable bonds is 10. The predicted molar refractivity (Wildman–Crippen MR) is 193 cm³/mol. The lowest BCUT2D eigenvalue weighted by molar-refractivity contribution is -0.144. The molecular formula is C41H47BN2O5. The van der Waals surface area contributed by atoms with Crippen molar-refractivity contribution in [3.63, 3.8) is 0 Å². The summed E-state index contributed by atoms with van der Waals surface area (Å²) in [5.41, 5.74) is 6.52. The highest BCUT2D eigenvalue weighted by Crippen LogP contribution is 2.52. The number of phenols is 1. The molecule has 4 aliphatic rings. The lowest BCUT2D eigenvalue weighted by Gasteiger charge is -2.43. The topological polar surface area (TPSA) is 90.3 Å². The molecule has 7 nitrogen and oxygen atoms in total. The van der Waals surface area contributed by atoms with Gasteiger partial charge < -0.3 is 14.8 Å². The van der Waals surface area contributed by atoms with Crippen molar-refractivity contribution in [2.45, 2.75) is 76.9 Å². The van der Waals surface area contributed by atoms with E-state index in [0.717, 1.165) is 67.6 Å². The van der Waals surface area contributed by atoms with Crippen molar-refractivity contribution in [3.05, 3.63) is 113 Å². The maximum atomic E-state index is 14.4. The first-order valence-corrected chi connectivity index (χ1v) is 18.1. The summed E-state index contributed by atoms with van der Waals surface area (Å²) in [7, 11) is -0.999. The van der Waals surface area contributed by atoms with Crippen molar-refractivity contribution < 1.29 is 24.4 Å². The van der Waals surface area contributed by atoms with Crippen molar-refractivity contribution in [3.8, 4) is 5.75 Å². The van der Waals surface area contributed by atoms with E-state index in [9.17, 15) is 19.7 Å². The number of likely N-dealkylation sites (tertiary alicyclic amines) is 2. The van der Waals surface area contributed by atoms with Crippen LogP contribution in [-0.4, -0.2) is 64.1 Å². The number of benzene rings is 3. The van der Waals surface area contributed by atoms with Crippen LogP contribution in [0.2, 0.25) is 6.32 Å². The summed E-state index contributed by atoms with van der Waals surface area (Å²) in [4.78, 5) is 32.5. The van der Waals surface area contributed by atoms with E-state index in [2.05, 4.69) is 48.2 Å². The molecule has 254 valence electrons. The summed E-state index contributed by atoms with van der Waals surface area (Å²) in [5.74, 6) is -0.863. The van der Waals surface area contributed by atoms with Crippen molar-refractivity contribution >= 4 is 30.6 Å². The van der Waals surface area contributed by atoms with Gasteiger partial charge in [0, 0.05) is 31.2 Å². The van der Waals surface area contributed by atoms with Gasteiger partial charge in [-0.25, -0.2) is 0 Å². The van der Waals surface area contributed by atoms with E-state index in [1.807, 2.05) is 48.5 Å². The van der Waals surface area contributed by atoms with Crippen LogP contribution < -0.4 is 0 Å². The predicted octanol–water partition coefficient (Wildman–Crippen LogP) is 6.97. The number of carbonyl (C=O) groups excluding carboxylic acids is 2. The average molecular weight is 659 g/mol. The van der Waals surface area contributed by atoms with Crippen molar-refractivity contribution in [1.82, 2.24) is 9.80 Å². The van der Waals surface area contributed by atoms with Gasteiger partial charge in [-0.2, -0.15) is 0 Å². The van der Waals surface area contributed by atoms with Gasteiger partial charge in [-0.05, 0) is 85.2 Å². The quantitative estimate of drug-likeness (QED) is 0.106. The molecular weight excluding hydrogens is 611 g/mol. The molecule has 4 atom stereocenters. The number of fused-ring (bicyclic) bond motifs is 3. The summed E-state index contributed by atoms with van der Waals surface area (Å²) in [5, 5.41) is 21.7. The minimum atomic E-state index is -0.999. The number of piperidine rings is 1. The largest absolute Gasteiger partial charge is 0.507 e. The third-order valence-electron chi connectivity index (χ3n) is 11.2. The number of phenolic OH excluding ortho intramolecular Hbond substituents is 1. The van der Waals surface area contributed by atoms with Crippen LogP contribution in [0.4, 0.5) is 0 Å². The van der Waals surface area contributed by atoms with Gasteiger partial charge >= 0.3 is 7.12 Å². The molecule has 2 amide bonds. The normalized spacial score (nSPS) is 25.1. The van der Waals surface area contributed by atoms with Gasteiger partial charge in [-0.15, -0.1) is 0 Å². The number of para-hydroxylation sites is 1. The molecule has 49 heavy (non-hydrogen) atoms. The van der Waals surface area contributed by atoms with Crippen molar-refractivity contribution in [2.75, 3.05) is 13.1 Å². The monoisotopic (exact) mass is 658 g/mol. The SMILES string of the molecule is CCCC1=C2[C@@H](CC/C(=C/c3ccccc3O)c3ccccc3)OB(O)C[C@@H]2[C@@H]2C(=O)N(C3CCN(Cc4ccccc4)CC3)C(=O)[C@@H]2C1. The van der Waals surface area contributed by atoms with E-state index >= 15 is 0 Å². The molecule has 0 saturated carbocycles. The first-order chi connectivity index (χ1) is 23.9. The molecule has 3 saturated heterocycles. The van der Waals surface area contributed by atoms with E-state index in [0.29, 0.717) is 25.6 Å². The lowest BCUT2D eigenvalue weighted by Crippen LogP contribution is -2.48. The second-order valence-electron chi connectivity index (χ2n) is 14.2. The van der Waals surface area contributed by atoms with Gasteiger partial charge in [0.05, 0.1) is 17.9 Å². The summed E-state index contributed by atoms with van der Waals surface area (Å²) in [6.45, 7) is 4.74. The van der Waals surface area contributed by atoms with Gasteiger partial charge in [-0.3, -0.25) is 19.4 Å². The summed E-state index contributed by atoms with van der Waals surface area (Å²) in [6.07, 6.45) is 7.24. The number of allylic oxidation sites excluding steroid dienone is 2. The highest BCUT2D eigenvalue weighted by atomic mass is 16.5. The standard InChI is InChI=1S/C41H47BN2O5/c1-2-11-32-25-34-39(41(47)44(40(34)46)33-20-22-43(23-21-33)27-28-12-5-3-6-13-28)35-26-42(48)49-37(38(32)35)19-18-30(29-14-7-4-8-15-29)24-31-16-9-10-17-36(31)45/h3-10,12-17,24,33-35,37,39,45,48H,2,11,18-23,25-27H2,1H3/b30-24-/t34-,35+,37-,39-/m1/s1. The Morgan fingerprint density at radius 3 is 2.33 bits per heavy atom. The second kappa shape index (κ2) is 14.9. The molecule has 3 aromatic rings.